The Bertz CT molecular complexity index is 960. The van der Waals surface area contributed by atoms with Gasteiger partial charge in [-0.15, -0.1) is 0 Å². The summed E-state index contributed by atoms with van der Waals surface area (Å²) in [6.45, 7) is 0.399. The second-order valence-corrected chi connectivity index (χ2v) is 6.30. The monoisotopic (exact) mass is 349 g/mol. The summed E-state index contributed by atoms with van der Waals surface area (Å²) >= 11 is 0. The lowest BCUT2D eigenvalue weighted by atomic mass is 10.1. The van der Waals surface area contributed by atoms with E-state index in [4.69, 9.17) is 4.74 Å². The summed E-state index contributed by atoms with van der Waals surface area (Å²) in [7, 11) is 1.50. The van der Waals surface area contributed by atoms with Gasteiger partial charge in [-0.1, -0.05) is 18.2 Å². The number of hydrogen-bond acceptors (Lipinski definition) is 4. The van der Waals surface area contributed by atoms with E-state index in [1.165, 1.54) is 12.0 Å². The number of amides is 2. The lowest BCUT2D eigenvalue weighted by Gasteiger charge is -2.13. The highest BCUT2D eigenvalue weighted by Crippen LogP contribution is 2.30. The van der Waals surface area contributed by atoms with E-state index in [-0.39, 0.29) is 11.8 Å². The minimum atomic E-state index is -0.272. The number of imidazole rings is 1. The Labute approximate surface area is 150 Å². The van der Waals surface area contributed by atoms with Crippen LogP contribution in [0.1, 0.15) is 39.4 Å². The second-order valence-electron chi connectivity index (χ2n) is 6.30. The van der Waals surface area contributed by atoms with Gasteiger partial charge in [0.15, 0.2) is 0 Å². The van der Waals surface area contributed by atoms with Crippen molar-refractivity contribution in [1.29, 1.82) is 0 Å². The topological polar surface area (TPSA) is 75.3 Å². The molecule has 0 saturated heterocycles. The third kappa shape index (κ3) is 2.73. The summed E-state index contributed by atoms with van der Waals surface area (Å²) < 4.78 is 5.22. The third-order valence-corrected chi connectivity index (χ3v) is 4.66. The molecule has 132 valence electrons. The molecule has 4 rings (SSSR count). The molecule has 0 radical (unpaired) electrons. The number of para-hydroxylation sites is 2. The van der Waals surface area contributed by atoms with Crippen molar-refractivity contribution in [3.63, 3.8) is 0 Å². The molecule has 3 aromatic rings. The van der Waals surface area contributed by atoms with Crippen molar-refractivity contribution >= 4 is 22.8 Å². The van der Waals surface area contributed by atoms with E-state index in [0.29, 0.717) is 23.4 Å². The Hall–Kier alpha value is -3.15. The largest absolute Gasteiger partial charge is 0.496 e. The molecule has 6 heteroatoms. The first-order valence-corrected chi connectivity index (χ1v) is 8.66. The highest BCUT2D eigenvalue weighted by Gasteiger charge is 2.37. The molecule has 0 saturated carbocycles. The van der Waals surface area contributed by atoms with Crippen molar-refractivity contribution in [2.24, 2.45) is 0 Å². The number of nitrogens with zero attached hydrogens (tertiary/aromatic N) is 2. The standard InChI is InChI=1S/C20H19N3O3/c1-26-16-10-6-7-13-18(16)20(25)23(19(13)24)12-5-4-11-17-21-14-8-2-3-9-15(14)22-17/h2-3,6-10H,4-5,11-12H2,1H3,(H,21,22). The van der Waals surface area contributed by atoms with E-state index in [9.17, 15) is 9.59 Å². The van der Waals surface area contributed by atoms with Crippen LogP contribution in [0.4, 0.5) is 0 Å². The fourth-order valence-corrected chi connectivity index (χ4v) is 3.36. The Balaban J connectivity index is 1.38. The summed E-state index contributed by atoms with van der Waals surface area (Å²) in [5.74, 6) is 0.861. The minimum Gasteiger partial charge on any atom is -0.496 e. The maximum absolute atomic E-state index is 12.6. The van der Waals surface area contributed by atoms with Crippen LogP contribution < -0.4 is 4.74 Å². The number of methoxy groups -OCH3 is 1. The van der Waals surface area contributed by atoms with Crippen molar-refractivity contribution in [2.75, 3.05) is 13.7 Å². The van der Waals surface area contributed by atoms with Crippen LogP contribution in [0.3, 0.4) is 0 Å². The first kappa shape index (κ1) is 16.3. The Morgan fingerprint density at radius 3 is 2.69 bits per heavy atom. The summed E-state index contributed by atoms with van der Waals surface area (Å²) in [6, 6.07) is 13.0. The van der Waals surface area contributed by atoms with Gasteiger partial charge in [0.25, 0.3) is 11.8 Å². The summed E-state index contributed by atoms with van der Waals surface area (Å²) in [4.78, 5) is 34.2. The molecule has 1 aromatic heterocycles. The van der Waals surface area contributed by atoms with E-state index in [1.807, 2.05) is 24.3 Å². The van der Waals surface area contributed by atoms with Gasteiger partial charge in [-0.25, -0.2) is 4.98 Å². The molecule has 2 aromatic carbocycles. The quantitative estimate of drug-likeness (QED) is 0.548. The predicted molar refractivity (Wildman–Crippen MR) is 97.4 cm³/mol. The molecule has 1 N–H and O–H groups in total. The number of H-pyrrole nitrogens is 1. The number of aromatic amines is 1. The van der Waals surface area contributed by atoms with Gasteiger partial charge in [0.05, 0.1) is 29.3 Å². The van der Waals surface area contributed by atoms with Crippen LogP contribution in [0.2, 0.25) is 0 Å². The van der Waals surface area contributed by atoms with Crippen LogP contribution in [-0.2, 0) is 6.42 Å². The van der Waals surface area contributed by atoms with Crippen molar-refractivity contribution in [3.8, 4) is 5.75 Å². The molecule has 0 aliphatic carbocycles. The number of nitrogens with one attached hydrogen (secondary N) is 1. The molecule has 1 aliphatic rings. The molecule has 0 atom stereocenters. The van der Waals surface area contributed by atoms with E-state index < -0.39 is 0 Å². The fourth-order valence-electron chi connectivity index (χ4n) is 3.36. The molecule has 0 unspecified atom stereocenters. The third-order valence-electron chi connectivity index (χ3n) is 4.66. The summed E-state index contributed by atoms with van der Waals surface area (Å²) in [5.41, 5.74) is 2.77. The number of ether oxygens (including phenoxy) is 1. The van der Waals surface area contributed by atoms with Crippen LogP contribution in [0.15, 0.2) is 42.5 Å². The van der Waals surface area contributed by atoms with Crippen LogP contribution in [0.25, 0.3) is 11.0 Å². The fraction of sp³-hybridized carbons (Fsp3) is 0.250. The zero-order valence-electron chi connectivity index (χ0n) is 14.5. The molecule has 6 nitrogen and oxygen atoms in total. The Morgan fingerprint density at radius 1 is 1.04 bits per heavy atom. The van der Waals surface area contributed by atoms with Crippen molar-refractivity contribution in [2.45, 2.75) is 19.3 Å². The van der Waals surface area contributed by atoms with Gasteiger partial charge in [0.1, 0.15) is 11.6 Å². The number of unbranched alkanes of at least 4 members (excludes halogenated alkanes) is 1. The Morgan fingerprint density at radius 2 is 1.88 bits per heavy atom. The van der Waals surface area contributed by atoms with Crippen molar-refractivity contribution < 1.29 is 14.3 Å². The van der Waals surface area contributed by atoms with Crippen LogP contribution >= 0.6 is 0 Å². The molecule has 2 amide bonds. The number of fused-ring (bicyclic) bond motifs is 2. The van der Waals surface area contributed by atoms with Gasteiger partial charge in [-0.2, -0.15) is 0 Å². The smallest absolute Gasteiger partial charge is 0.265 e. The molecule has 0 fully saturated rings. The van der Waals surface area contributed by atoms with Gasteiger partial charge < -0.3 is 9.72 Å². The van der Waals surface area contributed by atoms with Gasteiger partial charge in [-0.05, 0) is 37.1 Å². The number of hydrogen-bond donors (Lipinski definition) is 1. The number of rotatable bonds is 6. The summed E-state index contributed by atoms with van der Waals surface area (Å²) in [6.07, 6.45) is 2.34. The van der Waals surface area contributed by atoms with E-state index in [2.05, 4.69) is 9.97 Å². The first-order valence-electron chi connectivity index (χ1n) is 8.66. The van der Waals surface area contributed by atoms with Crippen molar-refractivity contribution in [3.05, 3.63) is 59.4 Å². The SMILES string of the molecule is COc1cccc2c1C(=O)N(CCCCc1nc3ccccc3[nH]1)C2=O. The van der Waals surface area contributed by atoms with Crippen molar-refractivity contribution in [1.82, 2.24) is 14.9 Å². The molecule has 0 bridgehead atoms. The highest BCUT2D eigenvalue weighted by atomic mass is 16.5. The minimum absolute atomic E-state index is 0.243. The van der Waals surface area contributed by atoms with Crippen LogP contribution in [0, 0.1) is 0 Å². The second kappa shape index (κ2) is 6.63. The predicted octanol–water partition coefficient (Wildman–Crippen LogP) is 3.19. The number of aromatic nitrogens is 2. The lowest BCUT2D eigenvalue weighted by molar-refractivity contribution is 0.0651. The van der Waals surface area contributed by atoms with E-state index in [1.54, 1.807) is 18.2 Å². The first-order chi connectivity index (χ1) is 12.7. The molecule has 0 spiro atoms. The van der Waals surface area contributed by atoms with Crippen LogP contribution in [0.5, 0.6) is 5.75 Å². The number of aryl methyl sites for hydroxylation is 1. The Kier molecular flexibility index (Phi) is 4.16. The molecular formula is C20H19N3O3. The number of benzene rings is 2. The van der Waals surface area contributed by atoms with Gasteiger partial charge in [0, 0.05) is 13.0 Å². The summed E-state index contributed by atoms with van der Waals surface area (Å²) in [5, 5.41) is 0. The number of carbonyl (C=O) groups excluding carboxylic acids is 2. The van der Waals surface area contributed by atoms with E-state index >= 15 is 0 Å². The van der Waals surface area contributed by atoms with Crippen LogP contribution in [-0.4, -0.2) is 40.3 Å². The van der Waals surface area contributed by atoms with Gasteiger partial charge in [-0.3, -0.25) is 14.5 Å². The zero-order chi connectivity index (χ0) is 18.1. The molecule has 26 heavy (non-hydrogen) atoms. The maximum Gasteiger partial charge on any atom is 0.265 e. The van der Waals surface area contributed by atoms with Gasteiger partial charge in [0.2, 0.25) is 0 Å². The van der Waals surface area contributed by atoms with Gasteiger partial charge >= 0.3 is 0 Å². The molecular weight excluding hydrogens is 330 g/mol. The maximum atomic E-state index is 12.6. The normalized spacial score (nSPS) is 13.5. The molecule has 2 heterocycles. The number of carbonyl (C=O) groups is 2. The highest BCUT2D eigenvalue weighted by molar-refractivity contribution is 6.22. The average molecular weight is 349 g/mol. The zero-order valence-corrected chi connectivity index (χ0v) is 14.5. The molecule has 1 aliphatic heterocycles. The average Bonchev–Trinajstić information content (AvgIpc) is 3.18. The lowest BCUT2D eigenvalue weighted by Crippen LogP contribution is -2.30. The van der Waals surface area contributed by atoms with E-state index in [0.717, 1.165) is 36.1 Å². The number of imide groups is 1.